The lowest BCUT2D eigenvalue weighted by molar-refractivity contribution is -0.139. The second kappa shape index (κ2) is 8.97. The van der Waals surface area contributed by atoms with E-state index < -0.39 is 0 Å². The standard InChI is InChI=1S/C20H26FN3O3/c21-17-6-2-1-5-15(17)13-24-14-16(8-9-19(24)26)20(27)22-10-4-12-23-11-3-7-18(23)25/h1-2,5-6,16H,3-4,7-14H2,(H,22,27)/t16-/m0/s1. The van der Waals surface area contributed by atoms with Gasteiger partial charge in [-0.15, -0.1) is 0 Å². The quantitative estimate of drug-likeness (QED) is 0.738. The molecular weight excluding hydrogens is 349 g/mol. The van der Waals surface area contributed by atoms with Crippen molar-refractivity contribution in [2.45, 2.75) is 38.6 Å². The van der Waals surface area contributed by atoms with E-state index in [1.807, 2.05) is 4.90 Å². The van der Waals surface area contributed by atoms with Crippen LogP contribution in [0.4, 0.5) is 4.39 Å². The Bertz CT molecular complexity index is 709. The minimum absolute atomic E-state index is 0.0464. The number of rotatable bonds is 7. The maximum atomic E-state index is 13.8. The highest BCUT2D eigenvalue weighted by Gasteiger charge is 2.30. The topological polar surface area (TPSA) is 69.7 Å². The summed E-state index contributed by atoms with van der Waals surface area (Å²) in [7, 11) is 0. The van der Waals surface area contributed by atoms with Crippen LogP contribution >= 0.6 is 0 Å². The van der Waals surface area contributed by atoms with Gasteiger partial charge in [0.15, 0.2) is 0 Å². The van der Waals surface area contributed by atoms with E-state index in [0.29, 0.717) is 44.5 Å². The van der Waals surface area contributed by atoms with Crippen molar-refractivity contribution < 1.29 is 18.8 Å². The first-order chi connectivity index (χ1) is 13.0. The van der Waals surface area contributed by atoms with Crippen LogP contribution in [0.5, 0.6) is 0 Å². The van der Waals surface area contributed by atoms with Crippen LogP contribution in [0, 0.1) is 11.7 Å². The summed E-state index contributed by atoms with van der Waals surface area (Å²) in [5, 5.41) is 2.91. The Balaban J connectivity index is 1.45. The summed E-state index contributed by atoms with van der Waals surface area (Å²) < 4.78 is 13.8. The second-order valence-corrected chi connectivity index (χ2v) is 7.23. The lowest BCUT2D eigenvalue weighted by atomic mass is 9.96. The van der Waals surface area contributed by atoms with E-state index in [9.17, 15) is 18.8 Å². The minimum Gasteiger partial charge on any atom is -0.356 e. The Morgan fingerprint density at radius 1 is 1.15 bits per heavy atom. The van der Waals surface area contributed by atoms with Crippen molar-refractivity contribution in [2.75, 3.05) is 26.2 Å². The third-order valence-corrected chi connectivity index (χ3v) is 5.27. The molecule has 1 atom stereocenters. The zero-order valence-electron chi connectivity index (χ0n) is 15.5. The molecule has 0 aliphatic carbocycles. The summed E-state index contributed by atoms with van der Waals surface area (Å²) in [6.07, 6.45) is 3.08. The number of benzene rings is 1. The molecule has 0 spiro atoms. The van der Waals surface area contributed by atoms with E-state index in [1.165, 1.54) is 6.07 Å². The third kappa shape index (κ3) is 5.05. The maximum Gasteiger partial charge on any atom is 0.224 e. The molecule has 1 aromatic carbocycles. The second-order valence-electron chi connectivity index (χ2n) is 7.23. The first-order valence-corrected chi connectivity index (χ1v) is 9.61. The van der Waals surface area contributed by atoms with Crippen molar-refractivity contribution >= 4 is 17.7 Å². The van der Waals surface area contributed by atoms with Gasteiger partial charge in [0, 0.05) is 51.1 Å². The van der Waals surface area contributed by atoms with Crippen molar-refractivity contribution in [2.24, 2.45) is 5.92 Å². The number of halogens is 1. The van der Waals surface area contributed by atoms with Gasteiger partial charge in [-0.1, -0.05) is 18.2 Å². The number of carbonyl (C=O) groups is 3. The average molecular weight is 375 g/mol. The van der Waals surface area contributed by atoms with Gasteiger partial charge in [0.25, 0.3) is 0 Å². The van der Waals surface area contributed by atoms with Crippen molar-refractivity contribution in [3.63, 3.8) is 0 Å². The molecule has 0 unspecified atom stereocenters. The van der Waals surface area contributed by atoms with Crippen molar-refractivity contribution in [3.05, 3.63) is 35.6 Å². The van der Waals surface area contributed by atoms with E-state index >= 15 is 0 Å². The summed E-state index contributed by atoms with van der Waals surface area (Å²) >= 11 is 0. The first-order valence-electron chi connectivity index (χ1n) is 9.61. The molecule has 2 aliphatic rings. The van der Waals surface area contributed by atoms with E-state index in [-0.39, 0.29) is 36.0 Å². The van der Waals surface area contributed by atoms with E-state index in [2.05, 4.69) is 5.32 Å². The predicted octanol–water partition coefficient (Wildman–Crippen LogP) is 1.69. The van der Waals surface area contributed by atoms with Crippen molar-refractivity contribution in [1.29, 1.82) is 0 Å². The van der Waals surface area contributed by atoms with Crippen molar-refractivity contribution in [1.82, 2.24) is 15.1 Å². The summed E-state index contributed by atoms with van der Waals surface area (Å²) in [5.74, 6) is -0.546. The molecule has 1 aromatic rings. The number of hydrogen-bond acceptors (Lipinski definition) is 3. The number of carbonyl (C=O) groups excluding carboxylic acids is 3. The lowest BCUT2D eigenvalue weighted by Gasteiger charge is -2.32. The summed E-state index contributed by atoms with van der Waals surface area (Å²) in [6, 6.07) is 6.38. The zero-order chi connectivity index (χ0) is 19.2. The summed E-state index contributed by atoms with van der Waals surface area (Å²) in [4.78, 5) is 39.5. The molecule has 27 heavy (non-hydrogen) atoms. The molecule has 146 valence electrons. The summed E-state index contributed by atoms with van der Waals surface area (Å²) in [6.45, 7) is 2.49. The molecule has 2 saturated heterocycles. The van der Waals surface area contributed by atoms with E-state index in [4.69, 9.17) is 0 Å². The first kappa shape index (κ1) is 19.3. The third-order valence-electron chi connectivity index (χ3n) is 5.27. The maximum absolute atomic E-state index is 13.8. The van der Waals surface area contributed by atoms with E-state index in [0.717, 1.165) is 19.4 Å². The number of piperidine rings is 1. The molecule has 3 rings (SSSR count). The molecule has 0 bridgehead atoms. The van der Waals surface area contributed by atoms with E-state index in [1.54, 1.807) is 23.1 Å². The molecule has 7 heteroatoms. The zero-order valence-corrected chi connectivity index (χ0v) is 15.5. The molecule has 0 aromatic heterocycles. The number of nitrogens with zero attached hydrogens (tertiary/aromatic N) is 2. The highest BCUT2D eigenvalue weighted by atomic mass is 19.1. The van der Waals surface area contributed by atoms with Crippen molar-refractivity contribution in [3.8, 4) is 0 Å². The normalized spacial score (nSPS) is 20.3. The van der Waals surface area contributed by atoms with Gasteiger partial charge in [-0.3, -0.25) is 14.4 Å². The molecule has 0 radical (unpaired) electrons. The Morgan fingerprint density at radius 3 is 2.67 bits per heavy atom. The number of amides is 3. The van der Waals surface area contributed by atoms with Gasteiger partial charge in [-0.2, -0.15) is 0 Å². The summed E-state index contributed by atoms with van der Waals surface area (Å²) in [5.41, 5.74) is 0.460. The van der Waals surface area contributed by atoms with Gasteiger partial charge in [0.05, 0.1) is 5.92 Å². The SMILES string of the molecule is O=C(NCCCN1CCCC1=O)[C@H]1CCC(=O)N(Cc2ccccc2F)C1. The Labute approximate surface area is 158 Å². The van der Waals surface area contributed by atoms with Crippen LogP contribution in [0.3, 0.4) is 0 Å². The molecule has 1 N–H and O–H groups in total. The molecule has 2 fully saturated rings. The van der Waals surface area contributed by atoms with Crippen LogP contribution in [0.25, 0.3) is 0 Å². The Hall–Kier alpha value is -2.44. The lowest BCUT2D eigenvalue weighted by Crippen LogP contribution is -2.45. The fourth-order valence-electron chi connectivity index (χ4n) is 3.68. The average Bonchev–Trinajstić information content (AvgIpc) is 3.07. The van der Waals surface area contributed by atoms with Gasteiger partial charge >= 0.3 is 0 Å². The molecule has 2 heterocycles. The minimum atomic E-state index is -0.340. The fraction of sp³-hybridized carbons (Fsp3) is 0.550. The molecule has 6 nitrogen and oxygen atoms in total. The van der Waals surface area contributed by atoms with Crippen LogP contribution in [0.2, 0.25) is 0 Å². The molecule has 0 saturated carbocycles. The van der Waals surface area contributed by atoms with Crippen LogP contribution < -0.4 is 5.32 Å². The highest BCUT2D eigenvalue weighted by Crippen LogP contribution is 2.21. The predicted molar refractivity (Wildman–Crippen MR) is 98.0 cm³/mol. The number of hydrogen-bond donors (Lipinski definition) is 1. The largest absolute Gasteiger partial charge is 0.356 e. The van der Waals surface area contributed by atoms with Crippen LogP contribution in [-0.2, 0) is 20.9 Å². The van der Waals surface area contributed by atoms with Gasteiger partial charge in [0.2, 0.25) is 17.7 Å². The van der Waals surface area contributed by atoms with Crippen LogP contribution in [0.1, 0.15) is 37.7 Å². The molecular formula is C20H26FN3O3. The Kier molecular flexibility index (Phi) is 6.42. The Morgan fingerprint density at radius 2 is 1.93 bits per heavy atom. The van der Waals surface area contributed by atoms with Gasteiger partial charge < -0.3 is 15.1 Å². The highest BCUT2D eigenvalue weighted by molar-refractivity contribution is 5.83. The molecule has 3 amide bonds. The fourth-order valence-corrected chi connectivity index (χ4v) is 3.68. The number of likely N-dealkylation sites (tertiary alicyclic amines) is 2. The monoisotopic (exact) mass is 375 g/mol. The smallest absolute Gasteiger partial charge is 0.224 e. The van der Waals surface area contributed by atoms with Gasteiger partial charge in [-0.25, -0.2) is 4.39 Å². The molecule has 2 aliphatic heterocycles. The van der Waals surface area contributed by atoms with Crippen LogP contribution in [-0.4, -0.2) is 53.7 Å². The number of nitrogens with one attached hydrogen (secondary N) is 1. The van der Waals surface area contributed by atoms with Gasteiger partial charge in [0.1, 0.15) is 5.82 Å². The van der Waals surface area contributed by atoms with Crippen LogP contribution in [0.15, 0.2) is 24.3 Å². The van der Waals surface area contributed by atoms with Gasteiger partial charge in [-0.05, 0) is 25.3 Å².